The Labute approximate surface area is 124 Å². The summed E-state index contributed by atoms with van der Waals surface area (Å²) in [6.07, 6.45) is 1.82. The monoisotopic (exact) mass is 291 g/mol. The summed E-state index contributed by atoms with van der Waals surface area (Å²) < 4.78 is 5.35. The molecule has 114 valence electrons. The predicted molar refractivity (Wildman–Crippen MR) is 80.3 cm³/mol. The van der Waals surface area contributed by atoms with Crippen LogP contribution in [0.1, 0.15) is 19.8 Å². The number of hydrogen-bond donors (Lipinski definition) is 3. The molecule has 1 heterocycles. The zero-order chi connectivity index (χ0) is 15.3. The standard InChI is InChI=1S/C15H21N3O3/c1-15(7-4-8-17-15)14(20)18-11-5-3-6-12(9-11)21-10-13(19)16-2/h3,5-6,9,17H,4,7-8,10H2,1-2H3,(H,16,19)(H,18,20). The van der Waals surface area contributed by atoms with E-state index in [1.54, 1.807) is 31.3 Å². The zero-order valence-corrected chi connectivity index (χ0v) is 12.4. The van der Waals surface area contributed by atoms with Crippen molar-refractivity contribution in [2.45, 2.75) is 25.3 Å². The van der Waals surface area contributed by atoms with E-state index >= 15 is 0 Å². The number of carbonyl (C=O) groups excluding carboxylic acids is 2. The van der Waals surface area contributed by atoms with Crippen LogP contribution in [0.15, 0.2) is 24.3 Å². The van der Waals surface area contributed by atoms with Crippen molar-refractivity contribution in [3.63, 3.8) is 0 Å². The number of hydrogen-bond acceptors (Lipinski definition) is 4. The Morgan fingerprint density at radius 3 is 2.90 bits per heavy atom. The Hall–Kier alpha value is -2.08. The first kappa shape index (κ1) is 15.3. The van der Waals surface area contributed by atoms with Gasteiger partial charge in [0.05, 0.1) is 5.54 Å². The second-order valence-corrected chi connectivity index (χ2v) is 5.31. The van der Waals surface area contributed by atoms with Gasteiger partial charge in [0, 0.05) is 18.8 Å². The summed E-state index contributed by atoms with van der Waals surface area (Å²) >= 11 is 0. The highest BCUT2D eigenvalue weighted by molar-refractivity contribution is 5.98. The first-order chi connectivity index (χ1) is 10.0. The molecule has 1 aliphatic rings. The molecule has 1 aromatic rings. The van der Waals surface area contributed by atoms with E-state index in [1.165, 1.54) is 0 Å². The van der Waals surface area contributed by atoms with E-state index in [-0.39, 0.29) is 18.4 Å². The van der Waals surface area contributed by atoms with E-state index in [0.29, 0.717) is 11.4 Å². The summed E-state index contributed by atoms with van der Waals surface area (Å²) in [5, 5.41) is 8.59. The SMILES string of the molecule is CNC(=O)COc1cccc(NC(=O)C2(C)CCCN2)c1. The van der Waals surface area contributed by atoms with Gasteiger partial charge in [0.1, 0.15) is 5.75 Å². The second kappa shape index (κ2) is 6.58. The average molecular weight is 291 g/mol. The molecule has 1 aromatic carbocycles. The molecule has 6 heteroatoms. The predicted octanol–water partition coefficient (Wildman–Crippen LogP) is 0.892. The van der Waals surface area contributed by atoms with Crippen LogP contribution in [0.3, 0.4) is 0 Å². The van der Waals surface area contributed by atoms with Gasteiger partial charge in [0.25, 0.3) is 5.91 Å². The lowest BCUT2D eigenvalue weighted by Crippen LogP contribution is -2.47. The molecule has 1 saturated heterocycles. The topological polar surface area (TPSA) is 79.5 Å². The second-order valence-electron chi connectivity index (χ2n) is 5.31. The van der Waals surface area contributed by atoms with Crippen LogP contribution >= 0.6 is 0 Å². The first-order valence-electron chi connectivity index (χ1n) is 7.03. The number of nitrogens with one attached hydrogen (secondary N) is 3. The Morgan fingerprint density at radius 1 is 1.43 bits per heavy atom. The summed E-state index contributed by atoms with van der Waals surface area (Å²) in [6.45, 7) is 2.72. The number of likely N-dealkylation sites (N-methyl/N-ethyl adjacent to an activating group) is 1. The lowest BCUT2D eigenvalue weighted by Gasteiger charge is -2.23. The van der Waals surface area contributed by atoms with E-state index in [4.69, 9.17) is 4.74 Å². The number of rotatable bonds is 5. The molecule has 0 saturated carbocycles. The molecule has 1 atom stereocenters. The van der Waals surface area contributed by atoms with Gasteiger partial charge in [-0.25, -0.2) is 0 Å². The maximum atomic E-state index is 12.3. The van der Waals surface area contributed by atoms with Gasteiger partial charge in [-0.3, -0.25) is 9.59 Å². The fourth-order valence-electron chi connectivity index (χ4n) is 2.24. The molecule has 1 fully saturated rings. The van der Waals surface area contributed by atoms with Crippen molar-refractivity contribution >= 4 is 17.5 Å². The largest absolute Gasteiger partial charge is 0.484 e. The molecule has 0 spiro atoms. The molecule has 2 amide bonds. The van der Waals surface area contributed by atoms with Gasteiger partial charge >= 0.3 is 0 Å². The van der Waals surface area contributed by atoms with Crippen LogP contribution in [0.4, 0.5) is 5.69 Å². The van der Waals surface area contributed by atoms with Crippen molar-refractivity contribution in [3.05, 3.63) is 24.3 Å². The van der Waals surface area contributed by atoms with Gasteiger partial charge in [-0.2, -0.15) is 0 Å². The summed E-state index contributed by atoms with van der Waals surface area (Å²) in [4.78, 5) is 23.4. The Balaban J connectivity index is 1.97. The molecule has 1 aliphatic heterocycles. The van der Waals surface area contributed by atoms with Crippen LogP contribution in [0, 0.1) is 0 Å². The van der Waals surface area contributed by atoms with Crippen LogP contribution in [0.2, 0.25) is 0 Å². The first-order valence-corrected chi connectivity index (χ1v) is 7.03. The smallest absolute Gasteiger partial charge is 0.257 e. The number of ether oxygens (including phenoxy) is 1. The summed E-state index contributed by atoms with van der Waals surface area (Å²) in [7, 11) is 1.55. The van der Waals surface area contributed by atoms with E-state index in [1.807, 2.05) is 6.92 Å². The van der Waals surface area contributed by atoms with Crippen molar-refractivity contribution in [2.24, 2.45) is 0 Å². The number of benzene rings is 1. The van der Waals surface area contributed by atoms with E-state index in [2.05, 4.69) is 16.0 Å². The number of carbonyl (C=O) groups is 2. The maximum Gasteiger partial charge on any atom is 0.257 e. The van der Waals surface area contributed by atoms with Crippen LogP contribution < -0.4 is 20.7 Å². The molecule has 2 rings (SSSR count). The molecule has 0 aromatic heterocycles. The van der Waals surface area contributed by atoms with Crippen molar-refractivity contribution in [1.82, 2.24) is 10.6 Å². The molecule has 0 bridgehead atoms. The minimum absolute atomic E-state index is 0.0484. The Kier molecular flexibility index (Phi) is 4.80. The van der Waals surface area contributed by atoms with E-state index in [9.17, 15) is 9.59 Å². The third-order valence-electron chi connectivity index (χ3n) is 3.61. The third kappa shape index (κ3) is 3.95. The molecule has 0 radical (unpaired) electrons. The highest BCUT2D eigenvalue weighted by atomic mass is 16.5. The number of anilines is 1. The lowest BCUT2D eigenvalue weighted by atomic mass is 9.99. The van der Waals surface area contributed by atoms with Gasteiger partial charge in [-0.05, 0) is 38.4 Å². The van der Waals surface area contributed by atoms with Crippen LogP contribution in [-0.2, 0) is 9.59 Å². The van der Waals surface area contributed by atoms with Gasteiger partial charge in [0.2, 0.25) is 5.91 Å². The molecule has 6 nitrogen and oxygen atoms in total. The normalized spacial score (nSPS) is 20.9. The molecular formula is C15H21N3O3. The van der Waals surface area contributed by atoms with Crippen molar-refractivity contribution in [2.75, 3.05) is 25.5 Å². The minimum atomic E-state index is -0.515. The van der Waals surface area contributed by atoms with E-state index in [0.717, 1.165) is 19.4 Å². The van der Waals surface area contributed by atoms with Gasteiger partial charge in [0.15, 0.2) is 6.61 Å². The highest BCUT2D eigenvalue weighted by Crippen LogP contribution is 2.22. The summed E-state index contributed by atoms with van der Waals surface area (Å²) in [5.74, 6) is 0.288. The van der Waals surface area contributed by atoms with Gasteiger partial charge in [-0.1, -0.05) is 6.07 Å². The lowest BCUT2D eigenvalue weighted by molar-refractivity contribution is -0.122. The fraction of sp³-hybridized carbons (Fsp3) is 0.467. The van der Waals surface area contributed by atoms with Crippen molar-refractivity contribution < 1.29 is 14.3 Å². The third-order valence-corrected chi connectivity index (χ3v) is 3.61. The molecule has 3 N–H and O–H groups in total. The Morgan fingerprint density at radius 2 is 2.24 bits per heavy atom. The Bertz CT molecular complexity index is 525. The molecule has 0 aliphatic carbocycles. The maximum absolute atomic E-state index is 12.3. The average Bonchev–Trinajstić information content (AvgIpc) is 2.93. The van der Waals surface area contributed by atoms with Crippen LogP contribution in [-0.4, -0.2) is 37.6 Å². The summed E-state index contributed by atoms with van der Waals surface area (Å²) in [6, 6.07) is 7.02. The van der Waals surface area contributed by atoms with Crippen molar-refractivity contribution in [1.29, 1.82) is 0 Å². The van der Waals surface area contributed by atoms with Crippen LogP contribution in [0.25, 0.3) is 0 Å². The van der Waals surface area contributed by atoms with Gasteiger partial charge < -0.3 is 20.7 Å². The summed E-state index contributed by atoms with van der Waals surface area (Å²) in [5.41, 5.74) is 0.142. The minimum Gasteiger partial charge on any atom is -0.484 e. The van der Waals surface area contributed by atoms with Crippen LogP contribution in [0.5, 0.6) is 5.75 Å². The zero-order valence-electron chi connectivity index (χ0n) is 12.4. The van der Waals surface area contributed by atoms with Gasteiger partial charge in [-0.15, -0.1) is 0 Å². The quantitative estimate of drug-likeness (QED) is 0.753. The molecular weight excluding hydrogens is 270 g/mol. The van der Waals surface area contributed by atoms with E-state index < -0.39 is 5.54 Å². The fourth-order valence-corrected chi connectivity index (χ4v) is 2.24. The molecule has 1 unspecified atom stereocenters. The molecule has 21 heavy (non-hydrogen) atoms. The highest BCUT2D eigenvalue weighted by Gasteiger charge is 2.35. The van der Waals surface area contributed by atoms with Crippen molar-refractivity contribution in [3.8, 4) is 5.75 Å². The number of amides is 2.